The molecule has 0 bridgehead atoms. The second kappa shape index (κ2) is 5.32. The van der Waals surface area contributed by atoms with E-state index < -0.39 is 11.9 Å². The molecule has 2 aromatic rings. The number of amides is 1. The molecule has 1 aromatic carbocycles. The number of carbonyl (C=O) groups is 2. The number of carboxylic acids is 1. The summed E-state index contributed by atoms with van der Waals surface area (Å²) in [6, 6.07) is 4.79. The van der Waals surface area contributed by atoms with Crippen molar-refractivity contribution in [2.45, 2.75) is 32.7 Å². The lowest BCUT2D eigenvalue weighted by Crippen LogP contribution is -2.15. The van der Waals surface area contributed by atoms with Crippen molar-refractivity contribution < 1.29 is 14.7 Å². The van der Waals surface area contributed by atoms with E-state index in [9.17, 15) is 9.59 Å². The maximum absolute atomic E-state index is 11.1. The Bertz CT molecular complexity index is 674. The molecule has 20 heavy (non-hydrogen) atoms. The van der Waals surface area contributed by atoms with E-state index in [1.807, 2.05) is 18.4 Å². The molecule has 0 fully saturated rings. The lowest BCUT2D eigenvalue weighted by Gasteiger charge is -2.10. The van der Waals surface area contributed by atoms with Gasteiger partial charge in [0.05, 0.1) is 16.6 Å². The highest BCUT2D eigenvalue weighted by Gasteiger charge is 2.15. The summed E-state index contributed by atoms with van der Waals surface area (Å²) in [4.78, 5) is 26.5. The Hall–Kier alpha value is -2.37. The van der Waals surface area contributed by atoms with E-state index in [1.165, 1.54) is 6.07 Å². The highest BCUT2D eigenvalue weighted by molar-refractivity contribution is 5.92. The lowest BCUT2D eigenvalue weighted by molar-refractivity contribution is -0.118. The molecule has 3 N–H and O–H groups in total. The van der Waals surface area contributed by atoms with Crippen molar-refractivity contribution >= 4 is 22.9 Å². The van der Waals surface area contributed by atoms with E-state index in [0.29, 0.717) is 6.54 Å². The molecule has 0 radical (unpaired) electrons. The van der Waals surface area contributed by atoms with Crippen molar-refractivity contribution in [3.05, 3.63) is 29.6 Å². The number of hydrogen-bond acceptors (Lipinski definition) is 3. The Morgan fingerprint density at radius 1 is 1.40 bits per heavy atom. The van der Waals surface area contributed by atoms with Crippen LogP contribution < -0.4 is 5.73 Å². The smallest absolute Gasteiger partial charge is 0.335 e. The molecular weight excluding hydrogens is 258 g/mol. The van der Waals surface area contributed by atoms with Crippen molar-refractivity contribution in [2.75, 3.05) is 0 Å². The van der Waals surface area contributed by atoms with E-state index in [4.69, 9.17) is 10.8 Å². The second-order valence-electron chi connectivity index (χ2n) is 5.00. The van der Waals surface area contributed by atoms with Gasteiger partial charge in [0.15, 0.2) is 0 Å². The number of primary amides is 1. The minimum atomic E-state index is -0.986. The van der Waals surface area contributed by atoms with Crippen molar-refractivity contribution in [1.29, 1.82) is 0 Å². The number of benzene rings is 1. The average molecular weight is 275 g/mol. The van der Waals surface area contributed by atoms with Crippen LogP contribution in [0.2, 0.25) is 0 Å². The molecule has 106 valence electrons. The molecular formula is C14H17N3O3. The number of hydrogen-bond donors (Lipinski definition) is 2. The number of aromatic nitrogens is 2. The highest BCUT2D eigenvalue weighted by Crippen LogP contribution is 2.23. The molecule has 0 aliphatic rings. The molecule has 2 rings (SSSR count). The first kappa shape index (κ1) is 14.0. The molecule has 1 aromatic heterocycles. The number of aryl methyl sites for hydroxylation is 1. The third kappa shape index (κ3) is 2.64. The van der Waals surface area contributed by atoms with Gasteiger partial charge in [0, 0.05) is 18.9 Å². The van der Waals surface area contributed by atoms with Crippen molar-refractivity contribution in [1.82, 2.24) is 9.55 Å². The van der Waals surface area contributed by atoms with Gasteiger partial charge in [0.1, 0.15) is 5.82 Å². The minimum Gasteiger partial charge on any atom is -0.478 e. The van der Waals surface area contributed by atoms with E-state index in [-0.39, 0.29) is 17.9 Å². The van der Waals surface area contributed by atoms with Crippen LogP contribution in [-0.2, 0) is 11.3 Å². The van der Waals surface area contributed by atoms with Gasteiger partial charge in [-0.3, -0.25) is 4.79 Å². The Balaban J connectivity index is 2.57. The number of nitrogens with zero attached hydrogens (tertiary/aromatic N) is 2. The number of imidazole rings is 1. The molecule has 0 spiro atoms. The highest BCUT2D eigenvalue weighted by atomic mass is 16.4. The number of carboxylic acid groups (broad SMARTS) is 1. The van der Waals surface area contributed by atoms with Gasteiger partial charge in [-0.25, -0.2) is 9.78 Å². The molecule has 0 saturated heterocycles. The van der Waals surface area contributed by atoms with E-state index in [2.05, 4.69) is 4.98 Å². The summed E-state index contributed by atoms with van der Waals surface area (Å²) in [6.45, 7) is 4.41. The van der Waals surface area contributed by atoms with Gasteiger partial charge in [0.2, 0.25) is 5.91 Å². The van der Waals surface area contributed by atoms with E-state index in [0.717, 1.165) is 16.9 Å². The molecule has 0 atom stereocenters. The van der Waals surface area contributed by atoms with E-state index >= 15 is 0 Å². The zero-order valence-electron chi connectivity index (χ0n) is 11.5. The zero-order chi connectivity index (χ0) is 14.9. The first-order valence-electron chi connectivity index (χ1n) is 6.42. The lowest BCUT2D eigenvalue weighted by atomic mass is 10.2. The number of aromatic carboxylic acids is 1. The molecule has 6 nitrogen and oxygen atoms in total. The standard InChI is InChI=1S/C14H17N3O3/c1-8(2)13-16-10-4-3-9(14(19)20)7-11(10)17(13)6-5-12(15)18/h3-4,7-8H,5-6H2,1-2H3,(H2,15,18)(H,19,20). The second-order valence-corrected chi connectivity index (χ2v) is 5.00. The average Bonchev–Trinajstić information content (AvgIpc) is 2.73. The molecule has 6 heteroatoms. The number of nitrogens with two attached hydrogens (primary N) is 1. The van der Waals surface area contributed by atoms with Crippen LogP contribution in [0.4, 0.5) is 0 Å². The van der Waals surface area contributed by atoms with Crippen LogP contribution in [0.1, 0.15) is 42.4 Å². The summed E-state index contributed by atoms with van der Waals surface area (Å²) < 4.78 is 1.87. The zero-order valence-corrected chi connectivity index (χ0v) is 11.5. The van der Waals surface area contributed by atoms with Crippen LogP contribution in [0.25, 0.3) is 11.0 Å². The Labute approximate surface area is 116 Å². The van der Waals surface area contributed by atoms with Crippen LogP contribution in [0.5, 0.6) is 0 Å². The van der Waals surface area contributed by atoms with Crippen molar-refractivity contribution in [3.63, 3.8) is 0 Å². The van der Waals surface area contributed by atoms with Gasteiger partial charge < -0.3 is 15.4 Å². The molecule has 1 amide bonds. The Morgan fingerprint density at radius 2 is 2.10 bits per heavy atom. The van der Waals surface area contributed by atoms with Gasteiger partial charge in [0.25, 0.3) is 0 Å². The third-order valence-corrected chi connectivity index (χ3v) is 3.12. The van der Waals surface area contributed by atoms with Crippen LogP contribution in [0.3, 0.4) is 0 Å². The molecule has 0 aliphatic heterocycles. The molecule has 1 heterocycles. The Morgan fingerprint density at radius 3 is 2.65 bits per heavy atom. The number of fused-ring (bicyclic) bond motifs is 1. The van der Waals surface area contributed by atoms with Crippen LogP contribution in [-0.4, -0.2) is 26.5 Å². The largest absolute Gasteiger partial charge is 0.478 e. The predicted molar refractivity (Wildman–Crippen MR) is 74.6 cm³/mol. The molecule has 0 unspecified atom stereocenters. The maximum Gasteiger partial charge on any atom is 0.335 e. The van der Waals surface area contributed by atoms with E-state index in [1.54, 1.807) is 12.1 Å². The predicted octanol–water partition coefficient (Wildman–Crippen LogP) is 1.73. The first-order chi connectivity index (χ1) is 9.40. The summed E-state index contributed by atoms with van der Waals surface area (Å²) in [5, 5.41) is 9.07. The number of carbonyl (C=O) groups excluding carboxylic acids is 1. The van der Waals surface area contributed by atoms with Gasteiger partial charge >= 0.3 is 5.97 Å². The summed E-state index contributed by atoms with van der Waals surface area (Å²) in [5.41, 5.74) is 6.84. The summed E-state index contributed by atoms with van der Waals surface area (Å²) in [5.74, 6) is -0.385. The fraction of sp³-hybridized carbons (Fsp3) is 0.357. The summed E-state index contributed by atoms with van der Waals surface area (Å²) in [7, 11) is 0. The van der Waals surface area contributed by atoms with Gasteiger partial charge in [-0.15, -0.1) is 0 Å². The van der Waals surface area contributed by atoms with Crippen LogP contribution >= 0.6 is 0 Å². The summed E-state index contributed by atoms with van der Waals surface area (Å²) in [6.07, 6.45) is 0.197. The fourth-order valence-electron chi connectivity index (χ4n) is 2.17. The van der Waals surface area contributed by atoms with Gasteiger partial charge in [-0.1, -0.05) is 13.8 Å². The minimum absolute atomic E-state index is 0.170. The monoisotopic (exact) mass is 275 g/mol. The summed E-state index contributed by atoms with van der Waals surface area (Å²) >= 11 is 0. The van der Waals surface area contributed by atoms with Gasteiger partial charge in [-0.05, 0) is 18.2 Å². The fourth-order valence-corrected chi connectivity index (χ4v) is 2.17. The SMILES string of the molecule is CC(C)c1nc2ccc(C(=O)O)cc2n1CCC(N)=O. The topological polar surface area (TPSA) is 98.2 Å². The third-order valence-electron chi connectivity index (χ3n) is 3.12. The quantitative estimate of drug-likeness (QED) is 0.868. The number of rotatable bonds is 5. The molecule has 0 saturated carbocycles. The van der Waals surface area contributed by atoms with Gasteiger partial charge in [-0.2, -0.15) is 0 Å². The van der Waals surface area contributed by atoms with Crippen molar-refractivity contribution in [2.24, 2.45) is 5.73 Å². The normalized spacial score (nSPS) is 11.2. The maximum atomic E-state index is 11.1. The Kier molecular flexibility index (Phi) is 3.74. The molecule has 0 aliphatic carbocycles. The van der Waals surface area contributed by atoms with Crippen molar-refractivity contribution in [3.8, 4) is 0 Å². The van der Waals surface area contributed by atoms with Crippen LogP contribution in [0.15, 0.2) is 18.2 Å². The van der Waals surface area contributed by atoms with Crippen LogP contribution in [0, 0.1) is 0 Å². The first-order valence-corrected chi connectivity index (χ1v) is 6.42.